The van der Waals surface area contributed by atoms with E-state index in [0.717, 1.165) is 34.7 Å². The van der Waals surface area contributed by atoms with Crippen LogP contribution >= 0.6 is 11.3 Å². The summed E-state index contributed by atoms with van der Waals surface area (Å²) in [7, 11) is 0. The van der Waals surface area contributed by atoms with Gasteiger partial charge in [-0.1, -0.05) is 36.4 Å². The van der Waals surface area contributed by atoms with Crippen LogP contribution in [0.4, 0.5) is 5.13 Å². The average Bonchev–Trinajstić information content (AvgIpc) is 3.28. The van der Waals surface area contributed by atoms with Gasteiger partial charge in [-0.25, -0.2) is 4.98 Å². The second-order valence-corrected chi connectivity index (χ2v) is 7.72. The van der Waals surface area contributed by atoms with Crippen molar-refractivity contribution in [1.29, 1.82) is 0 Å². The number of nitrogens with zero attached hydrogens (tertiary/aromatic N) is 2. The van der Waals surface area contributed by atoms with Crippen molar-refractivity contribution >= 4 is 34.2 Å². The molecule has 2 heterocycles. The summed E-state index contributed by atoms with van der Waals surface area (Å²) in [6.07, 6.45) is 1.57. The number of aryl methyl sites for hydroxylation is 2. The minimum Gasteiger partial charge on any atom is -0.302 e. The Labute approximate surface area is 177 Å². The molecule has 3 amide bonds. The maximum Gasteiger partial charge on any atom is 0.285 e. The number of aromatic nitrogens is 1. The van der Waals surface area contributed by atoms with E-state index in [2.05, 4.69) is 10.3 Å². The van der Waals surface area contributed by atoms with E-state index in [1.54, 1.807) is 24.3 Å². The molecule has 1 aromatic heterocycles. The second kappa shape index (κ2) is 8.56. The van der Waals surface area contributed by atoms with Gasteiger partial charge in [0.25, 0.3) is 11.8 Å². The number of carbonyl (C=O) groups is 3. The monoisotopic (exact) mass is 421 g/mol. The molecule has 0 saturated carbocycles. The Kier molecular flexibility index (Phi) is 5.69. The summed E-state index contributed by atoms with van der Waals surface area (Å²) in [5, 5.41) is 6.06. The first-order valence-electron chi connectivity index (χ1n) is 9.42. The van der Waals surface area contributed by atoms with Gasteiger partial charge < -0.3 is 5.32 Å². The quantitative estimate of drug-likeness (QED) is 0.589. The first kappa shape index (κ1) is 19.9. The van der Waals surface area contributed by atoms with Crippen molar-refractivity contribution in [3.05, 3.63) is 81.9 Å². The zero-order valence-electron chi connectivity index (χ0n) is 16.3. The number of hydrogen-bond acceptors (Lipinski definition) is 6. The molecular formula is C22H19N3O4S. The van der Waals surface area contributed by atoms with E-state index < -0.39 is 11.8 Å². The highest BCUT2D eigenvalue weighted by Crippen LogP contribution is 2.23. The standard InChI is InChI=1S/C22H19N3O4S/c1-14(26)23-22-24-17(13-30-22)11-10-15-6-8-16(9-7-15)12-29-25-20(27)18-4-2-3-5-19(18)21(25)28/h2-9,13H,10-12H2,1H3,(H,23,24,26). The Morgan fingerprint density at radius 2 is 1.63 bits per heavy atom. The number of rotatable bonds is 7. The minimum absolute atomic E-state index is 0.123. The van der Waals surface area contributed by atoms with Crippen molar-refractivity contribution in [2.45, 2.75) is 26.4 Å². The molecule has 2 aromatic carbocycles. The molecule has 0 radical (unpaired) electrons. The van der Waals surface area contributed by atoms with Crippen LogP contribution in [0, 0.1) is 0 Å². The number of thiazole rings is 1. The van der Waals surface area contributed by atoms with Crippen molar-refractivity contribution in [3.8, 4) is 0 Å². The summed E-state index contributed by atoms with van der Waals surface area (Å²) in [5.41, 5.74) is 3.65. The number of nitrogens with one attached hydrogen (secondary N) is 1. The van der Waals surface area contributed by atoms with Gasteiger partial charge in [-0.15, -0.1) is 16.4 Å². The van der Waals surface area contributed by atoms with Gasteiger partial charge in [0.05, 0.1) is 16.8 Å². The normalized spacial score (nSPS) is 12.9. The van der Waals surface area contributed by atoms with Crippen molar-refractivity contribution in [2.24, 2.45) is 0 Å². The highest BCUT2D eigenvalue weighted by Gasteiger charge is 2.36. The van der Waals surface area contributed by atoms with Crippen molar-refractivity contribution in [3.63, 3.8) is 0 Å². The molecule has 152 valence electrons. The molecule has 3 aromatic rings. The summed E-state index contributed by atoms with van der Waals surface area (Å²) < 4.78 is 0. The predicted octanol–water partition coefficient (Wildman–Crippen LogP) is 3.61. The molecule has 0 bridgehead atoms. The fourth-order valence-electron chi connectivity index (χ4n) is 3.13. The molecule has 0 saturated heterocycles. The van der Waals surface area contributed by atoms with Crippen LogP contribution in [-0.4, -0.2) is 27.8 Å². The van der Waals surface area contributed by atoms with Gasteiger partial charge in [-0.2, -0.15) is 0 Å². The van der Waals surface area contributed by atoms with E-state index in [4.69, 9.17) is 4.84 Å². The topological polar surface area (TPSA) is 88.6 Å². The Morgan fingerprint density at radius 3 is 2.27 bits per heavy atom. The predicted molar refractivity (Wildman–Crippen MR) is 112 cm³/mol. The number of fused-ring (bicyclic) bond motifs is 1. The van der Waals surface area contributed by atoms with Gasteiger partial charge in [0.2, 0.25) is 5.91 Å². The average molecular weight is 421 g/mol. The van der Waals surface area contributed by atoms with Gasteiger partial charge in [0, 0.05) is 12.3 Å². The van der Waals surface area contributed by atoms with Crippen LogP contribution in [-0.2, 0) is 29.1 Å². The number of hydroxylamine groups is 2. The molecule has 1 aliphatic heterocycles. The fourth-order valence-corrected chi connectivity index (χ4v) is 3.92. The zero-order chi connectivity index (χ0) is 21.1. The molecular weight excluding hydrogens is 402 g/mol. The number of imide groups is 1. The molecule has 0 unspecified atom stereocenters. The maximum absolute atomic E-state index is 12.3. The number of anilines is 1. The van der Waals surface area contributed by atoms with Gasteiger partial charge in [0.15, 0.2) is 5.13 Å². The van der Waals surface area contributed by atoms with Crippen LogP contribution in [0.2, 0.25) is 0 Å². The highest BCUT2D eigenvalue weighted by atomic mass is 32.1. The van der Waals surface area contributed by atoms with Crippen LogP contribution in [0.3, 0.4) is 0 Å². The van der Waals surface area contributed by atoms with Gasteiger partial charge in [0.1, 0.15) is 6.61 Å². The molecule has 1 aliphatic rings. The van der Waals surface area contributed by atoms with E-state index >= 15 is 0 Å². The minimum atomic E-state index is -0.436. The lowest BCUT2D eigenvalue weighted by Crippen LogP contribution is -2.29. The van der Waals surface area contributed by atoms with E-state index in [1.165, 1.54) is 18.3 Å². The lowest BCUT2D eigenvalue weighted by atomic mass is 10.1. The van der Waals surface area contributed by atoms with Crippen LogP contribution < -0.4 is 5.32 Å². The number of carbonyl (C=O) groups excluding carboxylic acids is 3. The molecule has 1 N–H and O–H groups in total. The van der Waals surface area contributed by atoms with Crippen LogP contribution in [0.25, 0.3) is 0 Å². The number of hydrogen-bond donors (Lipinski definition) is 1. The second-order valence-electron chi connectivity index (χ2n) is 6.87. The number of amides is 3. The van der Waals surface area contributed by atoms with Crippen molar-refractivity contribution < 1.29 is 19.2 Å². The van der Waals surface area contributed by atoms with Crippen molar-refractivity contribution in [1.82, 2.24) is 10.0 Å². The lowest BCUT2D eigenvalue weighted by Gasteiger charge is -2.13. The van der Waals surface area contributed by atoms with Crippen LogP contribution in [0.1, 0.15) is 44.5 Å². The molecule has 0 fully saturated rings. The third-order valence-electron chi connectivity index (χ3n) is 4.64. The third-order valence-corrected chi connectivity index (χ3v) is 5.45. The van der Waals surface area contributed by atoms with Crippen LogP contribution in [0.15, 0.2) is 53.9 Å². The first-order valence-corrected chi connectivity index (χ1v) is 10.3. The summed E-state index contributed by atoms with van der Waals surface area (Å²) >= 11 is 1.41. The van der Waals surface area contributed by atoms with Gasteiger partial charge >= 0.3 is 0 Å². The van der Waals surface area contributed by atoms with E-state index in [0.29, 0.717) is 16.3 Å². The maximum atomic E-state index is 12.3. The van der Waals surface area contributed by atoms with Crippen molar-refractivity contribution in [2.75, 3.05) is 5.32 Å². The molecule has 0 aliphatic carbocycles. The summed E-state index contributed by atoms with van der Waals surface area (Å²) in [6.45, 7) is 1.58. The smallest absolute Gasteiger partial charge is 0.285 e. The molecule has 0 atom stereocenters. The molecule has 0 spiro atoms. The van der Waals surface area contributed by atoms with E-state index in [1.807, 2.05) is 29.6 Å². The highest BCUT2D eigenvalue weighted by molar-refractivity contribution is 7.13. The fraction of sp³-hybridized carbons (Fsp3) is 0.182. The van der Waals surface area contributed by atoms with E-state index in [9.17, 15) is 14.4 Å². The van der Waals surface area contributed by atoms with E-state index in [-0.39, 0.29) is 12.5 Å². The zero-order valence-corrected chi connectivity index (χ0v) is 17.1. The first-order chi connectivity index (χ1) is 14.5. The van der Waals surface area contributed by atoms with Crippen LogP contribution in [0.5, 0.6) is 0 Å². The molecule has 30 heavy (non-hydrogen) atoms. The lowest BCUT2D eigenvalue weighted by molar-refractivity contribution is -0.114. The largest absolute Gasteiger partial charge is 0.302 e. The van der Waals surface area contributed by atoms with Gasteiger partial charge in [-0.05, 0) is 36.1 Å². The SMILES string of the molecule is CC(=O)Nc1nc(CCc2ccc(CON3C(=O)c4ccccc4C3=O)cc2)cs1. The number of benzene rings is 2. The van der Waals surface area contributed by atoms with Gasteiger partial charge in [-0.3, -0.25) is 19.2 Å². The molecule has 4 rings (SSSR count). The molecule has 7 nitrogen and oxygen atoms in total. The summed E-state index contributed by atoms with van der Waals surface area (Å²) in [5.74, 6) is -1.00. The summed E-state index contributed by atoms with van der Waals surface area (Å²) in [4.78, 5) is 45.6. The Hall–Kier alpha value is -3.36. The Balaban J connectivity index is 1.30. The third kappa shape index (κ3) is 4.29. The summed E-state index contributed by atoms with van der Waals surface area (Å²) in [6, 6.07) is 14.5. The molecule has 8 heteroatoms. The Morgan fingerprint density at radius 1 is 1.00 bits per heavy atom. The Bertz CT molecular complexity index is 1070.